The maximum Gasteiger partial charge on any atom is 0.411 e. The maximum atomic E-state index is 11.9. The van der Waals surface area contributed by atoms with E-state index in [0.29, 0.717) is 5.92 Å². The molecular formula is C16H23NO2. The quantitative estimate of drug-likeness (QED) is 0.855. The van der Waals surface area contributed by atoms with Crippen molar-refractivity contribution in [2.75, 3.05) is 5.32 Å². The van der Waals surface area contributed by atoms with Crippen LogP contribution in [-0.2, 0) is 4.74 Å². The Morgan fingerprint density at radius 1 is 1.26 bits per heavy atom. The fraction of sp³-hybridized carbons (Fsp3) is 0.562. The Morgan fingerprint density at radius 3 is 2.68 bits per heavy atom. The summed E-state index contributed by atoms with van der Waals surface area (Å²) < 4.78 is 5.54. The molecule has 1 fully saturated rings. The van der Waals surface area contributed by atoms with Gasteiger partial charge in [-0.25, -0.2) is 4.79 Å². The van der Waals surface area contributed by atoms with Gasteiger partial charge in [0, 0.05) is 5.69 Å². The number of nitrogens with one attached hydrogen (secondary N) is 1. The average Bonchev–Trinajstić information content (AvgIpc) is 2.36. The van der Waals surface area contributed by atoms with Crippen LogP contribution >= 0.6 is 0 Å². The molecule has 1 saturated carbocycles. The van der Waals surface area contributed by atoms with Crippen molar-refractivity contribution in [3.8, 4) is 0 Å². The Hall–Kier alpha value is -1.51. The number of hydrogen-bond acceptors (Lipinski definition) is 2. The first-order chi connectivity index (χ1) is 9.06. The number of ether oxygens (including phenoxy) is 1. The van der Waals surface area contributed by atoms with Crippen molar-refractivity contribution in [3.05, 3.63) is 29.3 Å². The highest BCUT2D eigenvalue weighted by molar-refractivity contribution is 5.85. The van der Waals surface area contributed by atoms with E-state index in [4.69, 9.17) is 4.74 Å². The summed E-state index contributed by atoms with van der Waals surface area (Å²) in [7, 11) is 0. The van der Waals surface area contributed by atoms with E-state index in [0.717, 1.165) is 30.5 Å². The molecule has 0 aliphatic heterocycles. The second-order valence-electron chi connectivity index (χ2n) is 5.65. The molecule has 1 aromatic rings. The van der Waals surface area contributed by atoms with E-state index in [1.165, 1.54) is 12.0 Å². The van der Waals surface area contributed by atoms with Crippen molar-refractivity contribution in [2.45, 2.75) is 52.6 Å². The van der Waals surface area contributed by atoms with Crippen LogP contribution in [-0.4, -0.2) is 12.2 Å². The minimum absolute atomic E-state index is 0.0690. The number of anilines is 1. The number of amides is 1. The molecule has 104 valence electrons. The summed E-state index contributed by atoms with van der Waals surface area (Å²) in [5.41, 5.74) is 3.09. The van der Waals surface area contributed by atoms with Gasteiger partial charge in [-0.2, -0.15) is 0 Å². The lowest BCUT2D eigenvalue weighted by Gasteiger charge is -2.28. The van der Waals surface area contributed by atoms with Gasteiger partial charge in [0.25, 0.3) is 0 Å². The van der Waals surface area contributed by atoms with Gasteiger partial charge < -0.3 is 4.74 Å². The van der Waals surface area contributed by atoms with Gasteiger partial charge in [0.1, 0.15) is 6.10 Å². The summed E-state index contributed by atoms with van der Waals surface area (Å²) in [6.07, 6.45) is 4.29. The van der Waals surface area contributed by atoms with E-state index in [2.05, 4.69) is 18.3 Å². The predicted octanol–water partition coefficient (Wildman–Crippen LogP) is 4.43. The van der Waals surface area contributed by atoms with Crippen molar-refractivity contribution < 1.29 is 9.53 Å². The third-order valence-corrected chi connectivity index (χ3v) is 3.91. The summed E-state index contributed by atoms with van der Waals surface area (Å²) in [5, 5.41) is 2.84. The Bertz CT molecular complexity index is 456. The normalized spacial score (nSPS) is 22.9. The molecule has 1 N–H and O–H groups in total. The van der Waals surface area contributed by atoms with E-state index < -0.39 is 0 Å². The molecule has 0 spiro atoms. The van der Waals surface area contributed by atoms with Crippen LogP contribution in [0.4, 0.5) is 10.5 Å². The van der Waals surface area contributed by atoms with Crippen LogP contribution in [0.5, 0.6) is 0 Å². The van der Waals surface area contributed by atoms with Crippen LogP contribution in [0, 0.1) is 19.8 Å². The zero-order valence-electron chi connectivity index (χ0n) is 12.0. The molecule has 0 unspecified atom stereocenters. The van der Waals surface area contributed by atoms with E-state index in [-0.39, 0.29) is 12.2 Å². The van der Waals surface area contributed by atoms with Gasteiger partial charge in [0.2, 0.25) is 0 Å². The lowest BCUT2D eigenvalue weighted by atomic mass is 9.88. The molecule has 0 radical (unpaired) electrons. The number of rotatable bonds is 2. The molecule has 0 saturated heterocycles. The molecule has 1 amide bonds. The van der Waals surface area contributed by atoms with Crippen molar-refractivity contribution >= 4 is 11.8 Å². The third-order valence-electron chi connectivity index (χ3n) is 3.91. The molecule has 0 bridgehead atoms. The summed E-state index contributed by atoms with van der Waals surface area (Å²) in [6, 6.07) is 5.97. The number of hydrogen-bond donors (Lipinski definition) is 1. The van der Waals surface area contributed by atoms with Crippen molar-refractivity contribution in [1.29, 1.82) is 0 Å². The molecule has 19 heavy (non-hydrogen) atoms. The van der Waals surface area contributed by atoms with E-state index >= 15 is 0 Å². The topological polar surface area (TPSA) is 38.3 Å². The molecule has 0 aromatic heterocycles. The first-order valence-corrected chi connectivity index (χ1v) is 7.11. The van der Waals surface area contributed by atoms with Crippen LogP contribution in [0.1, 0.15) is 43.7 Å². The van der Waals surface area contributed by atoms with Gasteiger partial charge in [0.05, 0.1) is 0 Å². The van der Waals surface area contributed by atoms with E-state index in [1.807, 2.05) is 26.0 Å². The number of carbonyl (C=O) groups excluding carboxylic acids is 1. The molecule has 3 nitrogen and oxygen atoms in total. The highest BCUT2D eigenvalue weighted by Gasteiger charge is 2.24. The summed E-state index contributed by atoms with van der Waals surface area (Å²) in [5.74, 6) is 0.471. The van der Waals surface area contributed by atoms with E-state index in [1.54, 1.807) is 0 Å². The predicted molar refractivity (Wildman–Crippen MR) is 77.4 cm³/mol. The fourth-order valence-corrected chi connectivity index (χ4v) is 2.69. The van der Waals surface area contributed by atoms with Crippen LogP contribution in [0.2, 0.25) is 0 Å². The van der Waals surface area contributed by atoms with Crippen molar-refractivity contribution in [1.82, 2.24) is 0 Å². The molecule has 1 aliphatic carbocycles. The van der Waals surface area contributed by atoms with Crippen molar-refractivity contribution in [2.24, 2.45) is 5.92 Å². The Kier molecular flexibility index (Phi) is 4.46. The minimum atomic E-state index is -0.328. The van der Waals surface area contributed by atoms with Gasteiger partial charge in [-0.3, -0.25) is 5.32 Å². The van der Waals surface area contributed by atoms with Crippen LogP contribution < -0.4 is 5.32 Å². The molecule has 0 heterocycles. The molecule has 2 atom stereocenters. The first-order valence-electron chi connectivity index (χ1n) is 7.11. The molecule has 1 aromatic carbocycles. The van der Waals surface area contributed by atoms with Gasteiger partial charge >= 0.3 is 6.09 Å². The SMILES string of the molecule is Cc1ccc(NC(=O)O[C@@H]2CCCC[C@@H]2C)c(C)c1. The number of aryl methyl sites for hydroxylation is 2. The Morgan fingerprint density at radius 2 is 2.00 bits per heavy atom. The Balaban J connectivity index is 1.93. The highest BCUT2D eigenvalue weighted by atomic mass is 16.6. The smallest absolute Gasteiger partial charge is 0.411 e. The largest absolute Gasteiger partial charge is 0.446 e. The Labute approximate surface area is 115 Å². The molecular weight excluding hydrogens is 238 g/mol. The number of benzene rings is 1. The maximum absolute atomic E-state index is 11.9. The standard InChI is InChI=1S/C16H23NO2/c1-11-8-9-14(13(3)10-11)17-16(18)19-15-7-5-4-6-12(15)2/h8-10,12,15H,4-7H2,1-3H3,(H,17,18)/t12-,15+/m0/s1. The second-order valence-corrected chi connectivity index (χ2v) is 5.65. The lowest BCUT2D eigenvalue weighted by Crippen LogP contribution is -2.30. The minimum Gasteiger partial charge on any atom is -0.446 e. The second kappa shape index (κ2) is 6.09. The zero-order valence-corrected chi connectivity index (χ0v) is 12.0. The molecule has 2 rings (SSSR count). The summed E-state index contributed by atoms with van der Waals surface area (Å²) in [6.45, 7) is 6.19. The number of carbonyl (C=O) groups is 1. The van der Waals surface area contributed by atoms with Gasteiger partial charge in [-0.05, 0) is 50.7 Å². The lowest BCUT2D eigenvalue weighted by molar-refractivity contribution is 0.0524. The van der Waals surface area contributed by atoms with E-state index in [9.17, 15) is 4.79 Å². The average molecular weight is 261 g/mol. The fourth-order valence-electron chi connectivity index (χ4n) is 2.69. The molecule has 1 aliphatic rings. The van der Waals surface area contributed by atoms with Gasteiger partial charge in [-0.1, -0.05) is 31.0 Å². The molecule has 3 heteroatoms. The van der Waals surface area contributed by atoms with Crippen LogP contribution in [0.25, 0.3) is 0 Å². The highest BCUT2D eigenvalue weighted by Crippen LogP contribution is 2.26. The van der Waals surface area contributed by atoms with Crippen LogP contribution in [0.15, 0.2) is 18.2 Å². The third kappa shape index (κ3) is 3.72. The van der Waals surface area contributed by atoms with Gasteiger partial charge in [-0.15, -0.1) is 0 Å². The van der Waals surface area contributed by atoms with Gasteiger partial charge in [0.15, 0.2) is 0 Å². The van der Waals surface area contributed by atoms with Crippen molar-refractivity contribution in [3.63, 3.8) is 0 Å². The monoisotopic (exact) mass is 261 g/mol. The zero-order chi connectivity index (χ0) is 13.8. The first kappa shape index (κ1) is 13.9. The summed E-state index contributed by atoms with van der Waals surface area (Å²) >= 11 is 0. The van der Waals surface area contributed by atoms with Crippen LogP contribution in [0.3, 0.4) is 0 Å². The summed E-state index contributed by atoms with van der Waals surface area (Å²) in [4.78, 5) is 11.9.